The summed E-state index contributed by atoms with van der Waals surface area (Å²) < 4.78 is 5.45. The zero-order valence-electron chi connectivity index (χ0n) is 15.1. The van der Waals surface area contributed by atoms with Crippen LogP contribution in [0, 0.1) is 11.3 Å². The highest BCUT2D eigenvalue weighted by Gasteiger charge is 2.27. The van der Waals surface area contributed by atoms with Gasteiger partial charge in [0, 0.05) is 30.5 Å². The summed E-state index contributed by atoms with van der Waals surface area (Å²) >= 11 is 0. The van der Waals surface area contributed by atoms with E-state index in [0.29, 0.717) is 24.3 Å². The second kappa shape index (κ2) is 7.63. The number of rotatable bonds is 4. The minimum Gasteiger partial charge on any atom is -0.459 e. The van der Waals surface area contributed by atoms with E-state index in [9.17, 15) is 14.4 Å². The minimum absolute atomic E-state index is 0.0141. The highest BCUT2D eigenvalue weighted by molar-refractivity contribution is 5.94. The second-order valence-corrected chi connectivity index (χ2v) is 7.35. The van der Waals surface area contributed by atoms with E-state index in [-0.39, 0.29) is 23.8 Å². The third kappa shape index (κ3) is 5.27. The molecule has 0 bridgehead atoms. The van der Waals surface area contributed by atoms with Crippen LogP contribution in [0.15, 0.2) is 18.3 Å². The molecule has 25 heavy (non-hydrogen) atoms. The molecule has 1 fully saturated rings. The van der Waals surface area contributed by atoms with Crippen molar-refractivity contribution in [3.63, 3.8) is 0 Å². The van der Waals surface area contributed by atoms with Gasteiger partial charge in [0.05, 0.1) is 5.56 Å². The van der Waals surface area contributed by atoms with Crippen molar-refractivity contribution >= 4 is 23.6 Å². The molecule has 2 rings (SSSR count). The normalized spacial score (nSPS) is 18.9. The standard InChI is InChI=1S/C18H25N3O4/c1-11(12-7-8-19-15(22)9-12)25-16(23)13-5-6-14(20-10-13)21-17(24)18(2,3)4/h5-6,10-12H,7-9H2,1-4H3,(H,19,22)(H,20,21,24). The Morgan fingerprint density at radius 2 is 2.08 bits per heavy atom. The molecule has 1 aromatic heterocycles. The van der Waals surface area contributed by atoms with E-state index in [2.05, 4.69) is 15.6 Å². The Balaban J connectivity index is 1.93. The predicted octanol–water partition coefficient (Wildman–Crippen LogP) is 2.14. The number of nitrogens with zero attached hydrogens (tertiary/aromatic N) is 1. The Hall–Kier alpha value is -2.44. The first-order chi connectivity index (χ1) is 11.7. The summed E-state index contributed by atoms with van der Waals surface area (Å²) in [5.41, 5.74) is -0.220. The Labute approximate surface area is 147 Å². The average Bonchev–Trinajstić information content (AvgIpc) is 2.54. The van der Waals surface area contributed by atoms with Gasteiger partial charge in [0.15, 0.2) is 0 Å². The van der Waals surface area contributed by atoms with Gasteiger partial charge >= 0.3 is 5.97 Å². The molecular formula is C18H25N3O4. The Morgan fingerprint density at radius 1 is 1.36 bits per heavy atom. The Morgan fingerprint density at radius 3 is 2.64 bits per heavy atom. The van der Waals surface area contributed by atoms with Gasteiger partial charge in [0.25, 0.3) is 0 Å². The molecule has 2 atom stereocenters. The van der Waals surface area contributed by atoms with Gasteiger partial charge in [-0.05, 0) is 25.5 Å². The molecule has 2 heterocycles. The largest absolute Gasteiger partial charge is 0.459 e. The van der Waals surface area contributed by atoms with Crippen LogP contribution < -0.4 is 10.6 Å². The minimum atomic E-state index is -0.527. The van der Waals surface area contributed by atoms with Crippen LogP contribution in [-0.4, -0.2) is 35.4 Å². The summed E-state index contributed by atoms with van der Waals surface area (Å²) in [6, 6.07) is 3.13. The molecule has 2 amide bonds. The molecule has 1 saturated heterocycles. The first-order valence-corrected chi connectivity index (χ1v) is 8.42. The summed E-state index contributed by atoms with van der Waals surface area (Å²) in [6.07, 6.45) is 2.18. The van der Waals surface area contributed by atoms with Gasteiger partial charge in [0.1, 0.15) is 11.9 Å². The van der Waals surface area contributed by atoms with Crippen LogP contribution in [0.3, 0.4) is 0 Å². The van der Waals surface area contributed by atoms with Crippen LogP contribution in [-0.2, 0) is 14.3 Å². The number of carbonyl (C=O) groups is 3. The summed E-state index contributed by atoms with van der Waals surface area (Å²) in [7, 11) is 0. The highest BCUT2D eigenvalue weighted by Crippen LogP contribution is 2.21. The zero-order chi connectivity index (χ0) is 18.6. The van der Waals surface area contributed by atoms with E-state index in [1.54, 1.807) is 39.8 Å². The zero-order valence-corrected chi connectivity index (χ0v) is 15.1. The van der Waals surface area contributed by atoms with Crippen molar-refractivity contribution in [2.75, 3.05) is 11.9 Å². The Bertz CT molecular complexity index is 649. The number of hydrogen-bond acceptors (Lipinski definition) is 5. The van der Waals surface area contributed by atoms with Crippen molar-refractivity contribution in [1.29, 1.82) is 0 Å². The number of carbonyl (C=O) groups excluding carboxylic acids is 3. The van der Waals surface area contributed by atoms with E-state index in [1.807, 2.05) is 0 Å². The fourth-order valence-corrected chi connectivity index (χ4v) is 2.44. The summed E-state index contributed by atoms with van der Waals surface area (Å²) in [6.45, 7) is 7.82. The van der Waals surface area contributed by atoms with Crippen molar-refractivity contribution in [2.24, 2.45) is 11.3 Å². The van der Waals surface area contributed by atoms with Gasteiger partial charge in [-0.3, -0.25) is 9.59 Å². The molecule has 2 N–H and O–H groups in total. The predicted molar refractivity (Wildman–Crippen MR) is 92.9 cm³/mol. The fourth-order valence-electron chi connectivity index (χ4n) is 2.44. The van der Waals surface area contributed by atoms with Crippen molar-refractivity contribution in [3.8, 4) is 0 Å². The molecule has 1 aliphatic rings. The molecule has 7 heteroatoms. The van der Waals surface area contributed by atoms with Crippen LogP contribution in [0.4, 0.5) is 5.82 Å². The van der Waals surface area contributed by atoms with Gasteiger partial charge in [-0.2, -0.15) is 0 Å². The molecule has 1 aliphatic heterocycles. The van der Waals surface area contributed by atoms with Crippen molar-refractivity contribution in [3.05, 3.63) is 23.9 Å². The van der Waals surface area contributed by atoms with Gasteiger partial charge in [-0.1, -0.05) is 20.8 Å². The molecule has 2 unspecified atom stereocenters. The SMILES string of the molecule is CC(OC(=O)c1ccc(NC(=O)C(C)(C)C)nc1)C1CCNC(=O)C1. The number of nitrogens with one attached hydrogen (secondary N) is 2. The molecule has 0 spiro atoms. The lowest BCUT2D eigenvalue weighted by molar-refractivity contribution is -0.125. The van der Waals surface area contributed by atoms with E-state index < -0.39 is 11.4 Å². The van der Waals surface area contributed by atoms with E-state index in [4.69, 9.17) is 4.74 Å². The molecule has 0 saturated carbocycles. The van der Waals surface area contributed by atoms with E-state index in [1.165, 1.54) is 6.20 Å². The second-order valence-electron chi connectivity index (χ2n) is 7.35. The molecule has 7 nitrogen and oxygen atoms in total. The van der Waals surface area contributed by atoms with Crippen molar-refractivity contribution < 1.29 is 19.1 Å². The lowest BCUT2D eigenvalue weighted by Gasteiger charge is -2.27. The molecule has 1 aromatic rings. The molecule has 0 aromatic carbocycles. The van der Waals surface area contributed by atoms with Crippen LogP contribution in [0.2, 0.25) is 0 Å². The fraction of sp³-hybridized carbons (Fsp3) is 0.556. The van der Waals surface area contributed by atoms with Crippen molar-refractivity contribution in [1.82, 2.24) is 10.3 Å². The van der Waals surface area contributed by atoms with E-state index >= 15 is 0 Å². The maximum atomic E-state index is 12.2. The maximum Gasteiger partial charge on any atom is 0.339 e. The quantitative estimate of drug-likeness (QED) is 0.813. The maximum absolute atomic E-state index is 12.2. The van der Waals surface area contributed by atoms with Gasteiger partial charge < -0.3 is 15.4 Å². The summed E-state index contributed by atoms with van der Waals surface area (Å²) in [4.78, 5) is 39.7. The van der Waals surface area contributed by atoms with E-state index in [0.717, 1.165) is 6.42 Å². The molecule has 136 valence electrons. The van der Waals surface area contributed by atoms with Crippen LogP contribution in [0.1, 0.15) is 50.9 Å². The third-order valence-electron chi connectivity index (χ3n) is 4.16. The number of anilines is 1. The first-order valence-electron chi connectivity index (χ1n) is 8.42. The molecule has 0 aliphatic carbocycles. The number of hydrogen-bond donors (Lipinski definition) is 2. The first kappa shape index (κ1) is 18.9. The van der Waals surface area contributed by atoms with Crippen LogP contribution in [0.5, 0.6) is 0 Å². The topological polar surface area (TPSA) is 97.4 Å². The monoisotopic (exact) mass is 347 g/mol. The van der Waals surface area contributed by atoms with Crippen LogP contribution in [0.25, 0.3) is 0 Å². The smallest absolute Gasteiger partial charge is 0.339 e. The average molecular weight is 347 g/mol. The summed E-state index contributed by atoms with van der Waals surface area (Å²) in [5, 5.41) is 5.46. The van der Waals surface area contributed by atoms with Gasteiger partial charge in [-0.25, -0.2) is 9.78 Å². The third-order valence-corrected chi connectivity index (χ3v) is 4.16. The lowest BCUT2D eigenvalue weighted by Crippen LogP contribution is -2.38. The lowest BCUT2D eigenvalue weighted by atomic mass is 9.92. The van der Waals surface area contributed by atoms with Gasteiger partial charge in [0.2, 0.25) is 11.8 Å². The number of amides is 2. The Kier molecular flexibility index (Phi) is 5.77. The van der Waals surface area contributed by atoms with Crippen molar-refractivity contribution in [2.45, 2.75) is 46.6 Å². The molecular weight excluding hydrogens is 322 g/mol. The number of piperidine rings is 1. The number of aromatic nitrogens is 1. The number of pyridine rings is 1. The number of esters is 1. The van der Waals surface area contributed by atoms with Crippen LogP contribution >= 0.6 is 0 Å². The van der Waals surface area contributed by atoms with Gasteiger partial charge in [-0.15, -0.1) is 0 Å². The number of ether oxygens (including phenoxy) is 1. The molecule has 0 radical (unpaired) electrons. The highest BCUT2D eigenvalue weighted by atomic mass is 16.5. The summed E-state index contributed by atoms with van der Waals surface area (Å²) in [5.74, 6) is -0.247.